The van der Waals surface area contributed by atoms with E-state index in [2.05, 4.69) is 0 Å². The third-order valence-electron chi connectivity index (χ3n) is 2.83. The van der Waals surface area contributed by atoms with Gasteiger partial charge in [0.15, 0.2) is 5.78 Å². The topological polar surface area (TPSA) is 26.3 Å². The number of hydrogen-bond acceptors (Lipinski definition) is 2. The van der Waals surface area contributed by atoms with E-state index in [4.69, 9.17) is 4.74 Å². The Morgan fingerprint density at radius 2 is 1.57 bits per heavy atom. The molecule has 0 aromatic heterocycles. The number of alkyl halides is 3. The Bertz CT molecular complexity index is 589. The van der Waals surface area contributed by atoms with Gasteiger partial charge in [0.25, 0.3) is 0 Å². The van der Waals surface area contributed by atoms with Crippen LogP contribution in [0.2, 0.25) is 0 Å². The molecule has 0 saturated heterocycles. The molecule has 5 heteroatoms. The van der Waals surface area contributed by atoms with Gasteiger partial charge < -0.3 is 4.74 Å². The standard InChI is InChI=1S/C16H13F3O2/c17-16(18,19)13-8-6-12(7-9-13)10-14(20)11-21-15-4-2-1-3-5-15/h1-9H,10-11H2. The zero-order chi connectivity index (χ0) is 15.3. The van der Waals surface area contributed by atoms with Crippen LogP contribution >= 0.6 is 0 Å². The number of hydrogen-bond donors (Lipinski definition) is 0. The van der Waals surface area contributed by atoms with Crippen LogP contribution < -0.4 is 4.74 Å². The second-order valence-electron chi connectivity index (χ2n) is 4.51. The van der Waals surface area contributed by atoms with Crippen LogP contribution in [0.1, 0.15) is 11.1 Å². The van der Waals surface area contributed by atoms with E-state index in [0.717, 1.165) is 12.1 Å². The SMILES string of the molecule is O=C(COc1ccccc1)Cc1ccc(C(F)(F)F)cc1. The summed E-state index contributed by atoms with van der Waals surface area (Å²) in [6.45, 7) is -0.106. The van der Waals surface area contributed by atoms with Crippen LogP contribution in [-0.2, 0) is 17.4 Å². The number of carbonyl (C=O) groups is 1. The van der Waals surface area contributed by atoms with Gasteiger partial charge in [0, 0.05) is 6.42 Å². The number of ketones is 1. The fourth-order valence-electron chi connectivity index (χ4n) is 1.77. The van der Waals surface area contributed by atoms with E-state index in [0.29, 0.717) is 11.3 Å². The Balaban J connectivity index is 1.88. The van der Waals surface area contributed by atoms with Crippen molar-refractivity contribution in [1.82, 2.24) is 0 Å². The molecule has 2 aromatic carbocycles. The molecular formula is C16H13F3O2. The van der Waals surface area contributed by atoms with E-state index < -0.39 is 11.7 Å². The molecule has 0 heterocycles. The van der Waals surface area contributed by atoms with Gasteiger partial charge in [-0.3, -0.25) is 4.79 Å². The van der Waals surface area contributed by atoms with Crippen molar-refractivity contribution < 1.29 is 22.7 Å². The Kier molecular flexibility index (Phi) is 4.62. The van der Waals surface area contributed by atoms with Gasteiger partial charge in [-0.15, -0.1) is 0 Å². The molecule has 0 atom stereocenters. The molecule has 0 radical (unpaired) electrons. The van der Waals surface area contributed by atoms with Gasteiger partial charge in [-0.1, -0.05) is 30.3 Å². The Hall–Kier alpha value is -2.30. The fourth-order valence-corrected chi connectivity index (χ4v) is 1.77. The zero-order valence-electron chi connectivity index (χ0n) is 11.1. The van der Waals surface area contributed by atoms with Gasteiger partial charge in [-0.2, -0.15) is 13.2 Å². The van der Waals surface area contributed by atoms with Crippen molar-refractivity contribution in [3.63, 3.8) is 0 Å². The molecule has 2 nitrogen and oxygen atoms in total. The van der Waals surface area contributed by atoms with Crippen LogP contribution in [0.4, 0.5) is 13.2 Å². The number of para-hydroxylation sites is 1. The number of Topliss-reactive ketones (excluding diaryl/α,β-unsaturated/α-hetero) is 1. The van der Waals surface area contributed by atoms with Gasteiger partial charge in [-0.25, -0.2) is 0 Å². The maximum absolute atomic E-state index is 12.4. The highest BCUT2D eigenvalue weighted by molar-refractivity contribution is 5.82. The minimum atomic E-state index is -4.36. The van der Waals surface area contributed by atoms with Crippen LogP contribution in [0.15, 0.2) is 54.6 Å². The highest BCUT2D eigenvalue weighted by atomic mass is 19.4. The van der Waals surface area contributed by atoms with Crippen molar-refractivity contribution >= 4 is 5.78 Å². The molecule has 0 spiro atoms. The van der Waals surface area contributed by atoms with E-state index >= 15 is 0 Å². The van der Waals surface area contributed by atoms with E-state index in [9.17, 15) is 18.0 Å². The van der Waals surface area contributed by atoms with Crippen LogP contribution in [0, 0.1) is 0 Å². The van der Waals surface area contributed by atoms with Crippen LogP contribution in [0.3, 0.4) is 0 Å². The molecule has 110 valence electrons. The lowest BCUT2D eigenvalue weighted by Crippen LogP contribution is -2.14. The van der Waals surface area contributed by atoms with E-state index in [1.165, 1.54) is 12.1 Å². The molecule has 0 unspecified atom stereocenters. The van der Waals surface area contributed by atoms with Gasteiger partial charge in [-0.05, 0) is 29.8 Å². The summed E-state index contributed by atoms with van der Waals surface area (Å²) in [7, 11) is 0. The first-order valence-electron chi connectivity index (χ1n) is 6.31. The summed E-state index contributed by atoms with van der Waals surface area (Å²) in [4.78, 5) is 11.7. The second-order valence-corrected chi connectivity index (χ2v) is 4.51. The van der Waals surface area contributed by atoms with Crippen molar-refractivity contribution in [3.05, 3.63) is 65.7 Å². The largest absolute Gasteiger partial charge is 0.486 e. The summed E-state index contributed by atoms with van der Waals surface area (Å²) in [6.07, 6.45) is -4.32. The molecular weight excluding hydrogens is 281 g/mol. The van der Waals surface area contributed by atoms with E-state index in [-0.39, 0.29) is 18.8 Å². The number of benzene rings is 2. The molecule has 0 aliphatic carbocycles. The first-order chi connectivity index (χ1) is 9.95. The first-order valence-corrected chi connectivity index (χ1v) is 6.31. The summed E-state index contributed by atoms with van der Waals surface area (Å²) >= 11 is 0. The normalized spacial score (nSPS) is 11.2. The summed E-state index contributed by atoms with van der Waals surface area (Å²) in [5.74, 6) is 0.386. The molecule has 0 amide bonds. The van der Waals surface area contributed by atoms with Crippen molar-refractivity contribution in [2.24, 2.45) is 0 Å². The fraction of sp³-hybridized carbons (Fsp3) is 0.188. The lowest BCUT2D eigenvalue weighted by atomic mass is 10.1. The first kappa shape index (κ1) is 15.1. The van der Waals surface area contributed by atoms with Gasteiger partial charge in [0.1, 0.15) is 12.4 Å². The lowest BCUT2D eigenvalue weighted by molar-refractivity contribution is -0.137. The Morgan fingerprint density at radius 1 is 0.952 bits per heavy atom. The van der Waals surface area contributed by atoms with Crippen LogP contribution in [0.5, 0.6) is 5.75 Å². The van der Waals surface area contributed by atoms with Crippen LogP contribution in [0.25, 0.3) is 0 Å². The number of rotatable bonds is 5. The molecule has 0 fully saturated rings. The molecule has 0 aliphatic heterocycles. The molecule has 0 aliphatic rings. The van der Waals surface area contributed by atoms with Crippen molar-refractivity contribution in [1.29, 1.82) is 0 Å². The predicted molar refractivity (Wildman–Crippen MR) is 72.1 cm³/mol. The van der Waals surface area contributed by atoms with Crippen LogP contribution in [-0.4, -0.2) is 12.4 Å². The smallest absolute Gasteiger partial charge is 0.416 e. The molecule has 0 saturated carbocycles. The minimum Gasteiger partial charge on any atom is -0.486 e. The summed E-state index contributed by atoms with van der Waals surface area (Å²) in [5.41, 5.74) is -0.191. The quantitative estimate of drug-likeness (QED) is 0.836. The summed E-state index contributed by atoms with van der Waals surface area (Å²) in [6, 6.07) is 13.4. The summed E-state index contributed by atoms with van der Waals surface area (Å²) in [5, 5.41) is 0. The van der Waals surface area contributed by atoms with Crippen molar-refractivity contribution in [2.75, 3.05) is 6.61 Å². The second kappa shape index (κ2) is 6.43. The Labute approximate surface area is 120 Å². The molecule has 21 heavy (non-hydrogen) atoms. The molecule has 2 rings (SSSR count). The monoisotopic (exact) mass is 294 g/mol. The number of ether oxygens (including phenoxy) is 1. The van der Waals surface area contributed by atoms with Crippen molar-refractivity contribution in [2.45, 2.75) is 12.6 Å². The van der Waals surface area contributed by atoms with E-state index in [1.807, 2.05) is 6.07 Å². The van der Waals surface area contributed by atoms with Crippen molar-refractivity contribution in [3.8, 4) is 5.75 Å². The third kappa shape index (κ3) is 4.63. The average Bonchev–Trinajstić information content (AvgIpc) is 2.46. The number of halogens is 3. The van der Waals surface area contributed by atoms with Gasteiger partial charge in [0.05, 0.1) is 5.56 Å². The maximum atomic E-state index is 12.4. The number of carbonyl (C=O) groups excluding carboxylic acids is 1. The van der Waals surface area contributed by atoms with Gasteiger partial charge in [0.2, 0.25) is 0 Å². The molecule has 2 aromatic rings. The predicted octanol–water partition coefficient (Wildman–Crippen LogP) is 3.90. The average molecular weight is 294 g/mol. The third-order valence-corrected chi connectivity index (χ3v) is 2.83. The Morgan fingerprint density at radius 3 is 2.14 bits per heavy atom. The zero-order valence-corrected chi connectivity index (χ0v) is 11.1. The van der Waals surface area contributed by atoms with E-state index in [1.54, 1.807) is 24.3 Å². The summed E-state index contributed by atoms with van der Waals surface area (Å²) < 4.78 is 42.5. The minimum absolute atomic E-state index is 0.0466. The lowest BCUT2D eigenvalue weighted by Gasteiger charge is -2.08. The van der Waals surface area contributed by atoms with Gasteiger partial charge >= 0.3 is 6.18 Å². The highest BCUT2D eigenvalue weighted by Gasteiger charge is 2.29. The highest BCUT2D eigenvalue weighted by Crippen LogP contribution is 2.29. The maximum Gasteiger partial charge on any atom is 0.416 e. The molecule has 0 bridgehead atoms. The molecule has 0 N–H and O–H groups in total.